The Kier molecular flexibility index (Phi) is 3.80. The van der Waals surface area contributed by atoms with Crippen LogP contribution in [-0.2, 0) is 23.9 Å². The van der Waals surface area contributed by atoms with Crippen LogP contribution in [0.15, 0.2) is 17.3 Å². The molecule has 2 atom stereocenters. The van der Waals surface area contributed by atoms with Crippen LogP contribution in [0.1, 0.15) is 49.8 Å². The number of hydrogen-bond acceptors (Lipinski definition) is 4. The lowest BCUT2D eigenvalue weighted by atomic mass is 9.46. The van der Waals surface area contributed by atoms with Gasteiger partial charge in [-0.05, 0) is 73.2 Å². The molecule has 4 bridgehead atoms. The first-order chi connectivity index (χ1) is 12.9. The predicted molar refractivity (Wildman–Crippen MR) is 103 cm³/mol. The summed E-state index contributed by atoms with van der Waals surface area (Å²) in [4.78, 5) is 17.7. The monoisotopic (exact) mass is 432 g/mol. The van der Waals surface area contributed by atoms with Crippen molar-refractivity contribution < 1.29 is 4.79 Å². The highest BCUT2D eigenvalue weighted by Crippen LogP contribution is 2.64. The smallest absolute Gasteiger partial charge is 0.226 e. The average molecular weight is 433 g/mol. The lowest BCUT2D eigenvalue weighted by Crippen LogP contribution is -2.61. The van der Waals surface area contributed by atoms with E-state index >= 15 is 0 Å². The Morgan fingerprint density at radius 2 is 2.07 bits per heavy atom. The van der Waals surface area contributed by atoms with Crippen molar-refractivity contribution in [3.8, 4) is 0 Å². The number of aromatic nitrogens is 5. The number of nitrogens with zero attached hydrogens (tertiary/aromatic N) is 5. The number of carbonyl (C=O) groups excluding carboxylic acids is 1. The third kappa shape index (κ3) is 2.67. The van der Waals surface area contributed by atoms with Gasteiger partial charge in [-0.1, -0.05) is 0 Å². The van der Waals surface area contributed by atoms with E-state index in [9.17, 15) is 4.79 Å². The second kappa shape index (κ2) is 5.90. The Bertz CT molecular complexity index is 888. The Labute approximate surface area is 167 Å². The van der Waals surface area contributed by atoms with E-state index in [1.54, 1.807) is 0 Å². The molecular formula is C19H25BrN6O. The highest BCUT2D eigenvalue weighted by Gasteiger charge is 2.61. The van der Waals surface area contributed by atoms with Crippen LogP contribution in [0.2, 0.25) is 0 Å². The van der Waals surface area contributed by atoms with Gasteiger partial charge >= 0.3 is 0 Å². The molecule has 8 heteroatoms. The molecule has 27 heavy (non-hydrogen) atoms. The van der Waals surface area contributed by atoms with Gasteiger partial charge in [0.05, 0.1) is 17.2 Å². The second-order valence-electron chi connectivity index (χ2n) is 8.99. The molecule has 0 aliphatic heterocycles. The molecule has 6 rings (SSSR count). The topological polar surface area (TPSA) is 77.6 Å². The fraction of sp³-hybridized carbons (Fsp3) is 0.684. The maximum Gasteiger partial charge on any atom is 0.226 e. The van der Waals surface area contributed by atoms with E-state index in [0.29, 0.717) is 23.1 Å². The van der Waals surface area contributed by atoms with Crippen molar-refractivity contribution >= 4 is 21.8 Å². The van der Waals surface area contributed by atoms with Crippen LogP contribution >= 0.6 is 15.9 Å². The van der Waals surface area contributed by atoms with E-state index in [1.807, 2.05) is 35.9 Å². The van der Waals surface area contributed by atoms with Crippen molar-refractivity contribution in [1.82, 2.24) is 29.9 Å². The molecule has 4 fully saturated rings. The molecule has 2 aromatic rings. The van der Waals surface area contributed by atoms with Gasteiger partial charge in [-0.2, -0.15) is 5.10 Å². The summed E-state index contributed by atoms with van der Waals surface area (Å²) in [6.07, 6.45) is 10.1. The van der Waals surface area contributed by atoms with Gasteiger partial charge in [0.25, 0.3) is 0 Å². The highest BCUT2D eigenvalue weighted by molar-refractivity contribution is 9.10. The molecule has 2 unspecified atom stereocenters. The van der Waals surface area contributed by atoms with Crippen LogP contribution in [0.5, 0.6) is 0 Å². The largest absolute Gasteiger partial charge is 0.351 e. The van der Waals surface area contributed by atoms with Crippen LogP contribution in [-0.4, -0.2) is 30.5 Å². The molecule has 4 saturated carbocycles. The molecule has 4 aliphatic carbocycles. The number of halogens is 1. The van der Waals surface area contributed by atoms with Crippen molar-refractivity contribution in [3.05, 3.63) is 28.5 Å². The third-order valence-corrected chi connectivity index (χ3v) is 7.60. The number of nitrogens with one attached hydrogen (secondary N) is 1. The van der Waals surface area contributed by atoms with Gasteiger partial charge in [0.1, 0.15) is 6.33 Å². The predicted octanol–water partition coefficient (Wildman–Crippen LogP) is 2.69. The van der Waals surface area contributed by atoms with Crippen molar-refractivity contribution in [1.29, 1.82) is 0 Å². The van der Waals surface area contributed by atoms with Gasteiger partial charge < -0.3 is 5.32 Å². The summed E-state index contributed by atoms with van der Waals surface area (Å²) in [5, 5.41) is 12.1. The minimum Gasteiger partial charge on any atom is -0.351 e. The Hall–Kier alpha value is -1.70. The molecular weight excluding hydrogens is 408 g/mol. The SMILES string of the molecule is Cc1c(CNC(=O)C23CC4CC(C2)CC(n2cnc(Br)n2)(C4)C3)cnn1C. The van der Waals surface area contributed by atoms with E-state index in [1.165, 1.54) is 6.42 Å². The summed E-state index contributed by atoms with van der Waals surface area (Å²) < 4.78 is 4.52. The first-order valence-electron chi connectivity index (χ1n) is 9.73. The summed E-state index contributed by atoms with van der Waals surface area (Å²) in [5.74, 6) is 1.43. The summed E-state index contributed by atoms with van der Waals surface area (Å²) in [6, 6.07) is 0. The second-order valence-corrected chi connectivity index (χ2v) is 9.69. The van der Waals surface area contributed by atoms with E-state index in [0.717, 1.165) is 43.4 Å². The van der Waals surface area contributed by atoms with Crippen LogP contribution in [0, 0.1) is 24.2 Å². The van der Waals surface area contributed by atoms with E-state index in [2.05, 4.69) is 36.4 Å². The minimum absolute atomic E-state index is 0.0509. The number of hydrogen-bond donors (Lipinski definition) is 1. The molecule has 0 saturated heterocycles. The van der Waals surface area contributed by atoms with Crippen molar-refractivity contribution in [2.45, 2.75) is 57.5 Å². The lowest BCUT2D eigenvalue weighted by molar-refractivity contribution is -0.156. The summed E-state index contributed by atoms with van der Waals surface area (Å²) in [7, 11) is 1.93. The number of amides is 1. The first kappa shape index (κ1) is 17.4. The molecule has 2 aromatic heterocycles. The van der Waals surface area contributed by atoms with Crippen LogP contribution < -0.4 is 5.32 Å². The molecule has 7 nitrogen and oxygen atoms in total. The zero-order valence-electron chi connectivity index (χ0n) is 15.8. The Morgan fingerprint density at radius 3 is 2.67 bits per heavy atom. The molecule has 4 aliphatic rings. The molecule has 1 N–H and O–H groups in total. The van der Waals surface area contributed by atoms with Crippen LogP contribution in [0.25, 0.3) is 0 Å². The van der Waals surface area contributed by atoms with Crippen molar-refractivity contribution in [2.75, 3.05) is 0 Å². The summed E-state index contributed by atoms with van der Waals surface area (Å²) >= 11 is 3.38. The van der Waals surface area contributed by atoms with Crippen molar-refractivity contribution in [3.63, 3.8) is 0 Å². The zero-order valence-corrected chi connectivity index (χ0v) is 17.4. The van der Waals surface area contributed by atoms with Crippen molar-refractivity contribution in [2.24, 2.45) is 24.3 Å². The van der Waals surface area contributed by atoms with Gasteiger partial charge in [0.2, 0.25) is 10.6 Å². The average Bonchev–Trinajstić information content (AvgIpc) is 3.19. The van der Waals surface area contributed by atoms with Gasteiger partial charge in [-0.15, -0.1) is 5.10 Å². The Balaban J connectivity index is 1.40. The van der Waals surface area contributed by atoms with Crippen LogP contribution in [0.3, 0.4) is 0 Å². The number of rotatable bonds is 4. The van der Waals surface area contributed by atoms with Gasteiger partial charge in [0.15, 0.2) is 0 Å². The minimum atomic E-state index is -0.265. The van der Waals surface area contributed by atoms with Crippen LogP contribution in [0.4, 0.5) is 0 Å². The highest BCUT2D eigenvalue weighted by atomic mass is 79.9. The molecule has 0 spiro atoms. The molecule has 144 valence electrons. The van der Waals surface area contributed by atoms with Gasteiger partial charge in [0, 0.05) is 24.8 Å². The van der Waals surface area contributed by atoms with E-state index in [4.69, 9.17) is 0 Å². The normalized spacial score (nSPS) is 34.2. The molecule has 1 amide bonds. The number of aryl methyl sites for hydroxylation is 1. The Morgan fingerprint density at radius 1 is 1.33 bits per heavy atom. The standard InChI is InChI=1S/C19H25BrN6O/c1-12-15(9-23-25(12)2)8-21-16(27)18-4-13-3-14(5-18)7-19(6-13,10-18)26-11-22-17(20)24-26/h9,11,13-14H,3-8,10H2,1-2H3,(H,21,27). The summed E-state index contributed by atoms with van der Waals surface area (Å²) in [6.45, 7) is 2.59. The lowest BCUT2D eigenvalue weighted by Gasteiger charge is -2.60. The fourth-order valence-electron chi connectivity index (χ4n) is 6.30. The zero-order chi connectivity index (χ0) is 18.8. The van der Waals surface area contributed by atoms with E-state index < -0.39 is 0 Å². The maximum absolute atomic E-state index is 13.4. The van der Waals surface area contributed by atoms with Gasteiger partial charge in [-0.3, -0.25) is 9.48 Å². The maximum atomic E-state index is 13.4. The quantitative estimate of drug-likeness (QED) is 0.805. The number of carbonyl (C=O) groups is 1. The third-order valence-electron chi connectivity index (χ3n) is 7.24. The summed E-state index contributed by atoms with van der Waals surface area (Å²) in [5.41, 5.74) is 1.87. The molecule has 0 aromatic carbocycles. The first-order valence-corrected chi connectivity index (χ1v) is 10.5. The molecule has 0 radical (unpaired) electrons. The van der Waals surface area contributed by atoms with Gasteiger partial charge in [-0.25, -0.2) is 9.67 Å². The fourth-order valence-corrected chi connectivity index (χ4v) is 6.56. The van der Waals surface area contributed by atoms with E-state index in [-0.39, 0.29) is 16.9 Å². The molecule has 2 heterocycles.